The van der Waals surface area contributed by atoms with Gasteiger partial charge in [0.15, 0.2) is 12.4 Å². The summed E-state index contributed by atoms with van der Waals surface area (Å²) in [5.74, 6) is 0.00881. The number of carbonyl (C=O) groups excluding carboxylic acids is 2. The maximum Gasteiger partial charge on any atom is 0.260 e. The minimum atomic E-state index is -0.239. The monoisotopic (exact) mass is 398 g/mol. The van der Waals surface area contributed by atoms with E-state index in [1.807, 2.05) is 11.8 Å². The van der Waals surface area contributed by atoms with Gasteiger partial charge in [-0.2, -0.15) is 0 Å². The van der Waals surface area contributed by atoms with Gasteiger partial charge < -0.3 is 9.64 Å². The van der Waals surface area contributed by atoms with Gasteiger partial charge in [0, 0.05) is 31.7 Å². The van der Waals surface area contributed by atoms with Gasteiger partial charge in [0.05, 0.1) is 5.56 Å². The molecule has 154 valence electrons. The van der Waals surface area contributed by atoms with Gasteiger partial charge in [-0.25, -0.2) is 4.39 Å². The van der Waals surface area contributed by atoms with Crippen molar-refractivity contribution in [1.82, 2.24) is 9.80 Å². The number of benzene rings is 2. The van der Waals surface area contributed by atoms with Crippen LogP contribution in [0.4, 0.5) is 4.39 Å². The van der Waals surface area contributed by atoms with Gasteiger partial charge in [0.25, 0.3) is 5.91 Å². The van der Waals surface area contributed by atoms with Gasteiger partial charge in [-0.3, -0.25) is 14.5 Å². The summed E-state index contributed by atoms with van der Waals surface area (Å²) in [7, 11) is 0. The number of para-hydroxylation sites is 1. The van der Waals surface area contributed by atoms with Crippen LogP contribution in [0.5, 0.6) is 5.75 Å². The summed E-state index contributed by atoms with van der Waals surface area (Å²) in [4.78, 5) is 28.6. The Morgan fingerprint density at radius 1 is 1.03 bits per heavy atom. The van der Waals surface area contributed by atoms with E-state index < -0.39 is 0 Å². The normalized spacial score (nSPS) is 19.8. The second-order valence-corrected chi connectivity index (χ2v) is 7.64. The number of nitrogens with zero attached hydrogens (tertiary/aromatic N) is 2. The molecule has 6 heteroatoms. The van der Waals surface area contributed by atoms with E-state index in [1.54, 1.807) is 36.4 Å². The van der Waals surface area contributed by atoms with Crippen LogP contribution in [0.15, 0.2) is 48.5 Å². The molecule has 1 saturated heterocycles. The van der Waals surface area contributed by atoms with Crippen molar-refractivity contribution < 1.29 is 18.7 Å². The van der Waals surface area contributed by atoms with Crippen molar-refractivity contribution in [3.63, 3.8) is 0 Å². The van der Waals surface area contributed by atoms with Gasteiger partial charge in [0.2, 0.25) is 0 Å². The highest BCUT2D eigenvalue weighted by molar-refractivity contribution is 5.96. The highest BCUT2D eigenvalue weighted by Crippen LogP contribution is 2.21. The molecule has 1 fully saturated rings. The highest BCUT2D eigenvalue weighted by Gasteiger charge is 2.32. The maximum atomic E-state index is 13.1. The third-order valence-corrected chi connectivity index (χ3v) is 5.35. The summed E-state index contributed by atoms with van der Waals surface area (Å²) >= 11 is 0. The molecule has 0 spiro atoms. The third-order valence-electron chi connectivity index (χ3n) is 5.35. The Balaban J connectivity index is 1.59. The summed E-state index contributed by atoms with van der Waals surface area (Å²) in [6, 6.07) is 13.7. The SMILES string of the molecule is CC(=O)c1ccccc1OCC(=O)N1C[C@H](C)N(Cc2ccc(F)cc2)C[C@H]1C. The van der Waals surface area contributed by atoms with Gasteiger partial charge in [-0.15, -0.1) is 0 Å². The third kappa shape index (κ3) is 5.21. The first-order valence-corrected chi connectivity index (χ1v) is 9.86. The molecule has 0 N–H and O–H groups in total. The molecule has 0 aliphatic carbocycles. The zero-order valence-electron chi connectivity index (χ0n) is 17.1. The summed E-state index contributed by atoms with van der Waals surface area (Å²) in [6.07, 6.45) is 0. The second-order valence-electron chi connectivity index (χ2n) is 7.64. The van der Waals surface area contributed by atoms with Crippen LogP contribution < -0.4 is 4.74 Å². The molecule has 3 rings (SSSR count). The van der Waals surface area contributed by atoms with Gasteiger partial charge in [-0.1, -0.05) is 24.3 Å². The Morgan fingerprint density at radius 2 is 1.72 bits per heavy atom. The smallest absolute Gasteiger partial charge is 0.260 e. The first-order chi connectivity index (χ1) is 13.8. The van der Waals surface area contributed by atoms with E-state index in [1.165, 1.54) is 19.1 Å². The minimum absolute atomic E-state index is 0.0331. The van der Waals surface area contributed by atoms with E-state index in [4.69, 9.17) is 4.74 Å². The maximum absolute atomic E-state index is 13.1. The molecule has 1 aliphatic rings. The van der Waals surface area contributed by atoms with Gasteiger partial charge in [-0.05, 0) is 50.6 Å². The van der Waals surface area contributed by atoms with Gasteiger partial charge in [0.1, 0.15) is 11.6 Å². The quantitative estimate of drug-likeness (QED) is 0.699. The molecule has 2 atom stereocenters. The standard InChI is InChI=1S/C23H27FN2O3/c1-16-13-26(17(2)12-25(16)14-19-8-10-20(24)11-9-19)23(28)15-29-22-7-5-4-6-21(22)18(3)27/h4-11,16-17H,12-15H2,1-3H3/t16-,17+/m0/s1. The van der Waals surface area contributed by atoms with Crippen LogP contribution in [0.1, 0.15) is 36.7 Å². The summed E-state index contributed by atoms with van der Waals surface area (Å²) in [5.41, 5.74) is 1.53. The van der Waals surface area contributed by atoms with Crippen molar-refractivity contribution in [1.29, 1.82) is 0 Å². The molecular weight excluding hydrogens is 371 g/mol. The van der Waals surface area contributed by atoms with Crippen molar-refractivity contribution in [2.24, 2.45) is 0 Å². The number of piperazine rings is 1. The number of rotatable bonds is 6. The molecule has 2 aromatic carbocycles. The number of carbonyl (C=O) groups is 2. The van der Waals surface area contributed by atoms with E-state index in [2.05, 4.69) is 11.8 Å². The molecule has 2 aromatic rings. The first kappa shape index (κ1) is 21.0. The number of ketones is 1. The first-order valence-electron chi connectivity index (χ1n) is 9.86. The van der Waals surface area contributed by atoms with E-state index in [0.29, 0.717) is 17.9 Å². The molecule has 0 radical (unpaired) electrons. The van der Waals surface area contributed by atoms with Crippen molar-refractivity contribution in [2.45, 2.75) is 39.4 Å². The Labute approximate surface area is 171 Å². The number of Topliss-reactive ketones (excluding diaryl/α,β-unsaturated/α-hetero) is 1. The molecule has 29 heavy (non-hydrogen) atoms. The fourth-order valence-electron chi connectivity index (χ4n) is 3.70. The van der Waals surface area contributed by atoms with Crippen LogP contribution >= 0.6 is 0 Å². The lowest BCUT2D eigenvalue weighted by molar-refractivity contribution is -0.139. The van der Waals surface area contributed by atoms with E-state index in [-0.39, 0.29) is 36.2 Å². The Morgan fingerprint density at radius 3 is 2.41 bits per heavy atom. The summed E-state index contributed by atoms with van der Waals surface area (Å²) in [6.45, 7) is 7.53. The largest absolute Gasteiger partial charge is 0.483 e. The van der Waals surface area contributed by atoms with Crippen LogP contribution in [-0.4, -0.2) is 53.3 Å². The second kappa shape index (κ2) is 9.18. The topological polar surface area (TPSA) is 49.9 Å². The van der Waals surface area contributed by atoms with Crippen LogP contribution in [0.25, 0.3) is 0 Å². The number of ether oxygens (including phenoxy) is 1. The van der Waals surface area contributed by atoms with Crippen LogP contribution in [-0.2, 0) is 11.3 Å². The predicted octanol–water partition coefficient (Wildman–Crippen LogP) is 3.53. The molecule has 1 heterocycles. The fraction of sp³-hybridized carbons (Fsp3) is 0.391. The molecule has 1 amide bonds. The molecule has 1 aliphatic heterocycles. The van der Waals surface area contributed by atoms with Gasteiger partial charge >= 0.3 is 0 Å². The van der Waals surface area contributed by atoms with Crippen molar-refractivity contribution in [2.75, 3.05) is 19.7 Å². The number of hydrogen-bond donors (Lipinski definition) is 0. The Hall–Kier alpha value is -2.73. The zero-order valence-corrected chi connectivity index (χ0v) is 17.1. The fourth-order valence-corrected chi connectivity index (χ4v) is 3.70. The number of hydrogen-bond acceptors (Lipinski definition) is 4. The van der Waals surface area contributed by atoms with E-state index in [9.17, 15) is 14.0 Å². The molecule has 0 saturated carbocycles. The lowest BCUT2D eigenvalue weighted by Gasteiger charge is -2.44. The van der Waals surface area contributed by atoms with Crippen LogP contribution in [0, 0.1) is 5.82 Å². The van der Waals surface area contributed by atoms with Crippen molar-refractivity contribution in [3.8, 4) is 5.75 Å². The lowest BCUT2D eigenvalue weighted by atomic mass is 10.1. The van der Waals surface area contributed by atoms with Crippen molar-refractivity contribution >= 4 is 11.7 Å². The zero-order chi connectivity index (χ0) is 21.0. The van der Waals surface area contributed by atoms with Crippen LogP contribution in [0.2, 0.25) is 0 Å². The molecule has 0 bridgehead atoms. The highest BCUT2D eigenvalue weighted by atomic mass is 19.1. The van der Waals surface area contributed by atoms with Crippen LogP contribution in [0.3, 0.4) is 0 Å². The predicted molar refractivity (Wildman–Crippen MR) is 109 cm³/mol. The summed E-state index contributed by atoms with van der Waals surface area (Å²) < 4.78 is 18.8. The Bertz CT molecular complexity index is 869. The van der Waals surface area contributed by atoms with Crippen molar-refractivity contribution in [3.05, 3.63) is 65.5 Å². The number of halogens is 1. The summed E-state index contributed by atoms with van der Waals surface area (Å²) in [5, 5.41) is 0. The van der Waals surface area contributed by atoms with E-state index in [0.717, 1.165) is 18.7 Å². The molecule has 0 unspecified atom stereocenters. The van der Waals surface area contributed by atoms with E-state index >= 15 is 0 Å². The average molecular weight is 398 g/mol. The minimum Gasteiger partial charge on any atom is -0.483 e. The lowest BCUT2D eigenvalue weighted by Crippen LogP contribution is -2.58. The Kier molecular flexibility index (Phi) is 6.64. The number of amides is 1. The molecular formula is C23H27FN2O3. The molecule has 5 nitrogen and oxygen atoms in total. The average Bonchev–Trinajstić information content (AvgIpc) is 2.70. The molecule has 0 aromatic heterocycles.